The zero-order chi connectivity index (χ0) is 27.8. The minimum absolute atomic E-state index is 0.0289. The van der Waals surface area contributed by atoms with Crippen LogP contribution >= 0.6 is 0 Å². The van der Waals surface area contributed by atoms with E-state index >= 15 is 0 Å². The first kappa shape index (κ1) is 25.5. The van der Waals surface area contributed by atoms with Crippen molar-refractivity contribution in [2.24, 2.45) is 23.2 Å². The van der Waals surface area contributed by atoms with Crippen LogP contribution in [0.15, 0.2) is 23.1 Å². The highest BCUT2D eigenvalue weighted by atomic mass is 19.3. The van der Waals surface area contributed by atoms with Crippen LogP contribution in [0.25, 0.3) is 5.65 Å². The first-order chi connectivity index (χ1) is 19.1. The molecule has 3 aromatic heterocycles. The lowest BCUT2D eigenvalue weighted by atomic mass is 9.81. The fourth-order valence-corrected chi connectivity index (χ4v) is 6.62. The number of imidazole rings is 1. The van der Waals surface area contributed by atoms with E-state index in [4.69, 9.17) is 4.98 Å². The number of aromatic nitrogens is 5. The van der Waals surface area contributed by atoms with Crippen LogP contribution in [0.1, 0.15) is 90.9 Å². The van der Waals surface area contributed by atoms with Crippen molar-refractivity contribution in [1.29, 1.82) is 0 Å². The summed E-state index contributed by atoms with van der Waals surface area (Å²) < 4.78 is 47.9. The van der Waals surface area contributed by atoms with Gasteiger partial charge in [0.25, 0.3) is 5.91 Å². The zero-order valence-corrected chi connectivity index (χ0v) is 21.9. The zero-order valence-electron chi connectivity index (χ0n) is 21.9. The molecule has 4 aliphatic rings. The van der Waals surface area contributed by atoms with Crippen LogP contribution in [0, 0.1) is 30.1 Å². The van der Waals surface area contributed by atoms with Gasteiger partial charge >= 0.3 is 0 Å². The Balaban J connectivity index is 1.15. The minimum atomic E-state index is -2.72. The Hall–Kier alpha value is -3.51. The molecule has 7 rings (SSSR count). The molecule has 13 heteroatoms. The SMILES string of the molecule is Cc1nonc1C(=O)N[C@H](c1cn2ncc([C@H](NC(=O)[C@@]34C[C@@H](F)[C@@H]3C4)C3CC3)cc2n1)C1CCC(F)(F)CC1. The molecule has 0 radical (unpaired) electrons. The molecule has 2 N–H and O–H groups in total. The molecule has 0 bridgehead atoms. The van der Waals surface area contributed by atoms with Gasteiger partial charge in [-0.3, -0.25) is 9.59 Å². The number of fused-ring (bicyclic) bond motifs is 2. The van der Waals surface area contributed by atoms with Crippen molar-refractivity contribution in [3.63, 3.8) is 0 Å². The lowest BCUT2D eigenvalue weighted by Crippen LogP contribution is -2.43. The van der Waals surface area contributed by atoms with Gasteiger partial charge in [-0.2, -0.15) is 5.10 Å². The Labute approximate surface area is 227 Å². The molecular formula is C27H30F3N7O3. The Bertz CT molecular complexity index is 1480. The number of amides is 2. The number of halogens is 3. The smallest absolute Gasteiger partial charge is 0.276 e. The van der Waals surface area contributed by atoms with E-state index in [1.807, 2.05) is 6.07 Å². The maximum absolute atomic E-state index is 14.0. The summed E-state index contributed by atoms with van der Waals surface area (Å²) in [5.74, 6) is -3.45. The van der Waals surface area contributed by atoms with Crippen LogP contribution in [0.5, 0.6) is 0 Å². The van der Waals surface area contributed by atoms with E-state index in [1.54, 1.807) is 23.8 Å². The number of aryl methyl sites for hydroxylation is 1. The van der Waals surface area contributed by atoms with E-state index in [2.05, 4.69) is 30.7 Å². The van der Waals surface area contributed by atoms with E-state index in [1.165, 1.54) is 0 Å². The Morgan fingerprint density at radius 3 is 2.45 bits per heavy atom. The summed E-state index contributed by atoms with van der Waals surface area (Å²) in [6.45, 7) is 1.59. The fourth-order valence-electron chi connectivity index (χ4n) is 6.62. The Kier molecular flexibility index (Phi) is 5.73. The van der Waals surface area contributed by atoms with Crippen molar-refractivity contribution in [2.75, 3.05) is 0 Å². The van der Waals surface area contributed by atoms with Crippen molar-refractivity contribution in [3.8, 4) is 0 Å². The summed E-state index contributed by atoms with van der Waals surface area (Å²) in [6, 6.07) is 0.972. The van der Waals surface area contributed by atoms with E-state index in [0.717, 1.165) is 18.4 Å². The van der Waals surface area contributed by atoms with E-state index in [9.17, 15) is 22.8 Å². The molecule has 4 aliphatic carbocycles. The summed E-state index contributed by atoms with van der Waals surface area (Å²) in [5, 5.41) is 17.9. The molecule has 10 nitrogen and oxygen atoms in total. The van der Waals surface area contributed by atoms with Crippen LogP contribution in [-0.4, -0.2) is 48.8 Å². The van der Waals surface area contributed by atoms with Gasteiger partial charge in [0.2, 0.25) is 11.8 Å². The summed E-state index contributed by atoms with van der Waals surface area (Å²) >= 11 is 0. The van der Waals surface area contributed by atoms with Gasteiger partial charge in [-0.15, -0.1) is 0 Å². The van der Waals surface area contributed by atoms with Gasteiger partial charge in [0.15, 0.2) is 11.3 Å². The molecule has 3 heterocycles. The number of rotatable bonds is 8. The molecule has 212 valence electrons. The third-order valence-electron chi connectivity index (χ3n) is 9.39. The van der Waals surface area contributed by atoms with Crippen molar-refractivity contribution < 1.29 is 27.4 Å². The Morgan fingerprint density at radius 1 is 1.07 bits per heavy atom. The van der Waals surface area contributed by atoms with Crippen molar-refractivity contribution in [1.82, 2.24) is 35.5 Å². The number of hydrogen-bond acceptors (Lipinski definition) is 7. The predicted octanol–water partition coefficient (Wildman–Crippen LogP) is 4.03. The molecule has 4 saturated carbocycles. The number of alkyl halides is 3. The summed E-state index contributed by atoms with van der Waals surface area (Å²) in [7, 11) is 0. The molecule has 4 fully saturated rings. The number of hydrogen-bond donors (Lipinski definition) is 2. The third-order valence-corrected chi connectivity index (χ3v) is 9.39. The standard InChI is InChI=1S/C27H30F3N7O3/c1-13-21(36-40-35-13)24(38)33-23(15-4-6-27(29,30)7-5-15)19-12-37-20(32-19)8-16(11-31-37)22(14-2-3-14)34-25(39)26-9-17(26)18(28)10-26/h8,11-12,14-15,17-18,22-23H,2-7,9-10H2,1H3,(H,33,38)(H,34,39)/t17-,18+,22+,23-,26-/m0/s1. The van der Waals surface area contributed by atoms with Crippen LogP contribution in [-0.2, 0) is 4.79 Å². The molecule has 2 amide bonds. The molecule has 0 spiro atoms. The summed E-state index contributed by atoms with van der Waals surface area (Å²) in [6.07, 6.45) is 5.30. The highest BCUT2D eigenvalue weighted by Gasteiger charge is 2.72. The predicted molar refractivity (Wildman–Crippen MR) is 133 cm³/mol. The number of nitrogens with one attached hydrogen (secondary N) is 2. The molecule has 3 aromatic rings. The van der Waals surface area contributed by atoms with Gasteiger partial charge in [-0.25, -0.2) is 27.3 Å². The van der Waals surface area contributed by atoms with Gasteiger partial charge in [-0.05, 0) is 74.1 Å². The van der Waals surface area contributed by atoms with Gasteiger partial charge in [0.05, 0.1) is 35.6 Å². The van der Waals surface area contributed by atoms with Crippen LogP contribution in [0.4, 0.5) is 13.2 Å². The minimum Gasteiger partial charge on any atom is -0.348 e. The van der Waals surface area contributed by atoms with Crippen molar-refractivity contribution >= 4 is 17.5 Å². The van der Waals surface area contributed by atoms with E-state index in [-0.39, 0.29) is 61.1 Å². The Morgan fingerprint density at radius 2 is 1.82 bits per heavy atom. The van der Waals surface area contributed by atoms with Crippen LogP contribution in [0.2, 0.25) is 0 Å². The summed E-state index contributed by atoms with van der Waals surface area (Å²) in [5.41, 5.74) is 1.64. The lowest BCUT2D eigenvalue weighted by Gasteiger charge is -2.33. The van der Waals surface area contributed by atoms with Gasteiger partial charge < -0.3 is 10.6 Å². The molecular weight excluding hydrogens is 527 g/mol. The molecule has 5 atom stereocenters. The highest BCUT2D eigenvalue weighted by molar-refractivity contribution is 5.93. The second kappa shape index (κ2) is 9.00. The lowest BCUT2D eigenvalue weighted by molar-refractivity contribution is -0.132. The topological polar surface area (TPSA) is 127 Å². The molecule has 0 saturated heterocycles. The number of carbonyl (C=O) groups excluding carboxylic acids is 2. The monoisotopic (exact) mass is 557 g/mol. The van der Waals surface area contributed by atoms with E-state index < -0.39 is 29.5 Å². The van der Waals surface area contributed by atoms with E-state index in [0.29, 0.717) is 29.9 Å². The largest absolute Gasteiger partial charge is 0.348 e. The van der Waals surface area contributed by atoms with Crippen molar-refractivity contribution in [2.45, 2.75) is 82.5 Å². The summed E-state index contributed by atoms with van der Waals surface area (Å²) in [4.78, 5) is 30.8. The van der Waals surface area contributed by atoms with Crippen molar-refractivity contribution in [3.05, 3.63) is 41.1 Å². The molecule has 0 aliphatic heterocycles. The maximum Gasteiger partial charge on any atom is 0.276 e. The molecule has 40 heavy (non-hydrogen) atoms. The second-order valence-corrected chi connectivity index (χ2v) is 12.1. The fraction of sp³-hybridized carbons (Fsp3) is 0.630. The normalized spacial score (nSPS) is 28.8. The number of nitrogens with zero attached hydrogens (tertiary/aromatic N) is 5. The van der Waals surface area contributed by atoms with Gasteiger partial charge in [-0.1, -0.05) is 5.16 Å². The average Bonchev–Trinajstić information content (AvgIpc) is 3.76. The highest BCUT2D eigenvalue weighted by Crippen LogP contribution is 2.69. The van der Waals surface area contributed by atoms with Crippen LogP contribution in [0.3, 0.4) is 0 Å². The third kappa shape index (κ3) is 4.33. The quantitative estimate of drug-likeness (QED) is 0.428. The molecule has 0 aromatic carbocycles. The van der Waals surface area contributed by atoms with Gasteiger partial charge in [0.1, 0.15) is 11.9 Å². The van der Waals surface area contributed by atoms with Crippen LogP contribution < -0.4 is 10.6 Å². The maximum atomic E-state index is 14.0. The number of carbonyl (C=O) groups is 2. The first-order valence-electron chi connectivity index (χ1n) is 13.9. The second-order valence-electron chi connectivity index (χ2n) is 12.1. The van der Waals surface area contributed by atoms with Gasteiger partial charge in [0, 0.05) is 18.8 Å². The first-order valence-corrected chi connectivity index (χ1v) is 13.9. The molecule has 0 unspecified atom stereocenters. The average molecular weight is 558 g/mol.